The number of carbonyl (C=O) groups excluding carboxylic acids is 2. The first-order chi connectivity index (χ1) is 23.3. The summed E-state index contributed by atoms with van der Waals surface area (Å²) in [6.07, 6.45) is 22.6. The van der Waals surface area contributed by atoms with Gasteiger partial charge in [-0.25, -0.2) is 0 Å². The van der Waals surface area contributed by atoms with Crippen LogP contribution in [0.3, 0.4) is 0 Å². The molecule has 1 saturated carbocycles. The number of hydrogen-bond acceptors (Lipinski definition) is 6. The van der Waals surface area contributed by atoms with Crippen LogP contribution < -0.4 is 16.8 Å². The third kappa shape index (κ3) is 36.2. The molecular weight excluding hydrogens is 610 g/mol. The number of allylic oxidation sites excluding steroid dienone is 1. The van der Waals surface area contributed by atoms with Crippen LogP contribution in [0.4, 0.5) is 0 Å². The fraction of sp³-hybridized carbons (Fsp3) is 0.905. The SMILES string of the molecule is CC.CC.CCC(N)(CC)CC.CCCC.CCCCC(C)C(=O)C(N)=O.CCCCCCC[C@H](NC)O/C=C/CC1C[C@@H]1[C@H](C)C(C)O. The van der Waals surface area contributed by atoms with Crippen LogP contribution in [0.15, 0.2) is 12.3 Å². The van der Waals surface area contributed by atoms with Gasteiger partial charge in [0.25, 0.3) is 5.91 Å². The van der Waals surface area contributed by atoms with Gasteiger partial charge in [0.1, 0.15) is 6.23 Å². The number of carbonyl (C=O) groups is 2. The standard InChI is InChI=1S/C19H37NO2.C8H15NO2.C7H17N.C4H10.2C2H6/c1-5-6-7-8-9-12-19(20-4)22-13-10-11-17-14-18(17)15(2)16(3)21;1-3-4-5-6(2)7(10)8(9)11;1-4-7(8,5-2)6-3;1-3-4-2;2*1-2/h10,13,15-21H,5-9,11-12,14H2,1-4H3;6H,3-5H2,1-2H3,(H2,9,11);4-6,8H2,1-3H3;3-4H2,1-2H3;2*1-2H3/b13-10+;;;;;/t15-,16?,17?,18-,19-;;;;;/m1...../s1. The minimum absolute atomic E-state index is 0.125. The van der Waals surface area contributed by atoms with Gasteiger partial charge in [-0.3, -0.25) is 14.9 Å². The summed E-state index contributed by atoms with van der Waals surface area (Å²) in [7, 11) is 1.96. The molecule has 298 valence electrons. The molecule has 49 heavy (non-hydrogen) atoms. The fourth-order valence-corrected chi connectivity index (χ4v) is 4.77. The maximum absolute atomic E-state index is 10.9. The molecule has 1 fully saturated rings. The second kappa shape index (κ2) is 41.0. The van der Waals surface area contributed by atoms with E-state index in [0.717, 1.165) is 57.3 Å². The highest BCUT2D eigenvalue weighted by molar-refractivity contribution is 6.36. The van der Waals surface area contributed by atoms with Gasteiger partial charge in [-0.05, 0) is 89.2 Å². The molecule has 1 aliphatic carbocycles. The Labute approximate surface area is 307 Å². The van der Waals surface area contributed by atoms with E-state index < -0.39 is 11.7 Å². The van der Waals surface area contributed by atoms with Crippen LogP contribution >= 0.6 is 0 Å². The van der Waals surface area contributed by atoms with Gasteiger partial charge in [0.05, 0.1) is 12.4 Å². The summed E-state index contributed by atoms with van der Waals surface area (Å²) >= 11 is 0. The van der Waals surface area contributed by atoms with Gasteiger partial charge in [-0.1, -0.05) is 141 Å². The van der Waals surface area contributed by atoms with E-state index in [1.54, 1.807) is 6.92 Å². The lowest BCUT2D eigenvalue weighted by Crippen LogP contribution is -2.37. The van der Waals surface area contributed by atoms with Crippen molar-refractivity contribution in [3.8, 4) is 0 Å². The molecule has 0 aromatic heterocycles. The molecule has 7 nitrogen and oxygen atoms in total. The number of aliphatic hydroxyl groups excluding tert-OH is 1. The van der Waals surface area contributed by atoms with Gasteiger partial charge in [0.15, 0.2) is 0 Å². The lowest BCUT2D eigenvalue weighted by Gasteiger charge is -2.23. The highest BCUT2D eigenvalue weighted by Crippen LogP contribution is 2.47. The van der Waals surface area contributed by atoms with Crippen molar-refractivity contribution in [2.24, 2.45) is 35.1 Å². The number of rotatable bonds is 22. The second-order valence-corrected chi connectivity index (χ2v) is 13.2. The predicted molar refractivity (Wildman–Crippen MR) is 217 cm³/mol. The van der Waals surface area contributed by atoms with Crippen molar-refractivity contribution in [1.29, 1.82) is 0 Å². The summed E-state index contributed by atoms with van der Waals surface area (Å²) in [5.41, 5.74) is 10.8. The van der Waals surface area contributed by atoms with Crippen molar-refractivity contribution in [2.75, 3.05) is 7.05 Å². The quantitative estimate of drug-likeness (QED) is 0.0385. The summed E-state index contributed by atoms with van der Waals surface area (Å²) in [4.78, 5) is 21.3. The first-order valence-electron chi connectivity index (χ1n) is 20.6. The first-order valence-corrected chi connectivity index (χ1v) is 20.6. The van der Waals surface area contributed by atoms with Gasteiger partial charge in [0, 0.05) is 11.5 Å². The molecule has 0 bridgehead atoms. The average molecular weight is 702 g/mol. The van der Waals surface area contributed by atoms with E-state index >= 15 is 0 Å². The van der Waals surface area contributed by atoms with Crippen molar-refractivity contribution in [3.05, 3.63) is 12.3 Å². The van der Waals surface area contributed by atoms with E-state index in [1.807, 2.05) is 54.9 Å². The first kappa shape index (κ1) is 56.9. The molecule has 7 heteroatoms. The Morgan fingerprint density at radius 3 is 1.67 bits per heavy atom. The Bertz CT molecular complexity index is 700. The molecule has 3 unspecified atom stereocenters. The third-order valence-electron chi connectivity index (χ3n) is 9.38. The number of ketones is 1. The molecule has 1 aliphatic rings. The van der Waals surface area contributed by atoms with E-state index in [-0.39, 0.29) is 23.8 Å². The molecule has 0 spiro atoms. The maximum Gasteiger partial charge on any atom is 0.285 e. The molecule has 0 aromatic carbocycles. The van der Waals surface area contributed by atoms with Crippen molar-refractivity contribution < 1.29 is 19.4 Å². The molecule has 0 aliphatic heterocycles. The summed E-state index contributed by atoms with van der Waals surface area (Å²) in [5, 5.41) is 12.8. The average Bonchev–Trinajstić information content (AvgIpc) is 3.91. The fourth-order valence-electron chi connectivity index (χ4n) is 4.77. The number of Topliss-reactive ketones (excluding diaryl/α,β-unsaturated/α-hetero) is 1. The zero-order chi connectivity index (χ0) is 39.3. The third-order valence-corrected chi connectivity index (χ3v) is 9.38. The van der Waals surface area contributed by atoms with E-state index in [1.165, 1.54) is 51.4 Å². The number of ether oxygens (including phenoxy) is 1. The number of primary amides is 1. The number of nitrogens with two attached hydrogens (primary N) is 2. The molecule has 6 N–H and O–H groups in total. The van der Waals surface area contributed by atoms with Gasteiger partial charge in [-0.15, -0.1) is 0 Å². The Morgan fingerprint density at radius 2 is 1.31 bits per heavy atom. The van der Waals surface area contributed by atoms with Crippen LogP contribution in [-0.4, -0.2) is 41.7 Å². The second-order valence-electron chi connectivity index (χ2n) is 13.2. The van der Waals surface area contributed by atoms with E-state index in [2.05, 4.69) is 59.9 Å². The van der Waals surface area contributed by atoms with Gasteiger partial charge in [0.2, 0.25) is 5.78 Å². The Kier molecular flexibility index (Phi) is 47.6. The Balaban J connectivity index is -0.000000199. The monoisotopic (exact) mass is 702 g/mol. The van der Waals surface area contributed by atoms with Gasteiger partial charge < -0.3 is 21.3 Å². The molecule has 6 atom stereocenters. The Hall–Kier alpha value is -1.44. The van der Waals surface area contributed by atoms with Crippen LogP contribution in [0.5, 0.6) is 0 Å². The molecular formula is C42H91N3O4. The molecule has 0 aromatic rings. The van der Waals surface area contributed by atoms with Crippen LogP contribution in [0.1, 0.15) is 200 Å². The van der Waals surface area contributed by atoms with E-state index in [0.29, 0.717) is 11.8 Å². The van der Waals surface area contributed by atoms with Crippen LogP contribution in [0.25, 0.3) is 0 Å². The summed E-state index contributed by atoms with van der Waals surface area (Å²) in [6.45, 7) is 28.9. The van der Waals surface area contributed by atoms with Crippen LogP contribution in [-0.2, 0) is 14.3 Å². The minimum atomic E-state index is -0.811. The number of aliphatic hydroxyl groups is 1. The minimum Gasteiger partial charge on any atom is -0.483 e. The topological polar surface area (TPSA) is 128 Å². The molecule has 0 saturated heterocycles. The van der Waals surface area contributed by atoms with Crippen molar-refractivity contribution in [3.63, 3.8) is 0 Å². The lowest BCUT2D eigenvalue weighted by atomic mass is 9.92. The number of amides is 1. The molecule has 1 rings (SSSR count). The number of nitrogens with one attached hydrogen (secondary N) is 1. The van der Waals surface area contributed by atoms with E-state index in [9.17, 15) is 14.7 Å². The Morgan fingerprint density at radius 1 is 0.816 bits per heavy atom. The molecule has 1 amide bonds. The van der Waals surface area contributed by atoms with Gasteiger partial charge >= 0.3 is 0 Å². The molecule has 0 heterocycles. The lowest BCUT2D eigenvalue weighted by molar-refractivity contribution is -0.138. The predicted octanol–water partition coefficient (Wildman–Crippen LogP) is 11.1. The number of unbranched alkanes of at least 4 members (excludes halogenated alkanes) is 6. The van der Waals surface area contributed by atoms with Crippen molar-refractivity contribution in [1.82, 2.24) is 5.32 Å². The van der Waals surface area contributed by atoms with Crippen molar-refractivity contribution >= 4 is 11.7 Å². The summed E-state index contributed by atoms with van der Waals surface area (Å²) < 4.78 is 5.78. The largest absolute Gasteiger partial charge is 0.483 e. The summed E-state index contributed by atoms with van der Waals surface area (Å²) in [5.74, 6) is 0.404. The molecule has 0 radical (unpaired) electrons. The zero-order valence-electron chi connectivity index (χ0n) is 35.8. The normalized spacial score (nSPS) is 16.9. The van der Waals surface area contributed by atoms with Gasteiger partial charge in [-0.2, -0.15) is 0 Å². The van der Waals surface area contributed by atoms with E-state index in [4.69, 9.17) is 16.2 Å². The highest BCUT2D eigenvalue weighted by atomic mass is 16.5. The smallest absolute Gasteiger partial charge is 0.285 e. The maximum atomic E-state index is 10.9. The van der Waals surface area contributed by atoms with Crippen molar-refractivity contribution in [2.45, 2.75) is 218 Å². The van der Waals surface area contributed by atoms with Crippen LogP contribution in [0.2, 0.25) is 0 Å². The highest BCUT2D eigenvalue weighted by Gasteiger charge is 2.41. The summed E-state index contributed by atoms with van der Waals surface area (Å²) in [6, 6.07) is 0. The van der Waals surface area contributed by atoms with Crippen LogP contribution in [0, 0.1) is 23.7 Å². The zero-order valence-corrected chi connectivity index (χ0v) is 35.8. The number of hydrogen-bond donors (Lipinski definition) is 4.